The second-order valence-corrected chi connectivity index (χ2v) is 11.1. The quantitative estimate of drug-likeness (QED) is 0.562. The summed E-state index contributed by atoms with van der Waals surface area (Å²) >= 11 is 0. The molecule has 198 valence electrons. The molecular formula is C29H36F2N4O2. The van der Waals surface area contributed by atoms with Crippen LogP contribution in [0.3, 0.4) is 0 Å². The van der Waals surface area contributed by atoms with Crippen LogP contribution in [-0.2, 0) is 15.1 Å². The summed E-state index contributed by atoms with van der Waals surface area (Å²) in [7, 11) is 0. The van der Waals surface area contributed by atoms with E-state index in [9.17, 15) is 18.4 Å². The minimum absolute atomic E-state index is 0.0868. The number of nitrogens with zero attached hydrogens (tertiary/aromatic N) is 4. The number of piperazine rings is 1. The van der Waals surface area contributed by atoms with Crippen molar-refractivity contribution in [2.24, 2.45) is 10.5 Å². The van der Waals surface area contributed by atoms with Gasteiger partial charge in [0.05, 0.1) is 11.3 Å². The van der Waals surface area contributed by atoms with Crippen LogP contribution < -0.4 is 0 Å². The van der Waals surface area contributed by atoms with E-state index in [0.717, 1.165) is 49.8 Å². The lowest BCUT2D eigenvalue weighted by atomic mass is 9.80. The van der Waals surface area contributed by atoms with E-state index in [1.54, 1.807) is 0 Å². The van der Waals surface area contributed by atoms with Crippen LogP contribution in [0.5, 0.6) is 0 Å². The van der Waals surface area contributed by atoms with Gasteiger partial charge in [-0.15, -0.1) is 0 Å². The van der Waals surface area contributed by atoms with Gasteiger partial charge in [0.2, 0.25) is 11.8 Å². The first-order chi connectivity index (χ1) is 17.5. The monoisotopic (exact) mass is 510 g/mol. The number of rotatable bonds is 6. The second kappa shape index (κ2) is 10.7. The minimum Gasteiger partial charge on any atom is -0.340 e. The van der Waals surface area contributed by atoms with Crippen LogP contribution in [0.1, 0.15) is 58.1 Å². The maximum Gasteiger partial charge on any atom is 0.240 e. The zero-order valence-corrected chi connectivity index (χ0v) is 22.1. The molecule has 0 N–H and O–H groups in total. The smallest absolute Gasteiger partial charge is 0.240 e. The summed E-state index contributed by atoms with van der Waals surface area (Å²) in [6.07, 6.45) is 1.69. The summed E-state index contributed by atoms with van der Waals surface area (Å²) in [5.74, 6) is -1.18. The Labute approximate surface area is 217 Å². The molecule has 0 aliphatic carbocycles. The number of amides is 2. The van der Waals surface area contributed by atoms with E-state index in [-0.39, 0.29) is 22.8 Å². The summed E-state index contributed by atoms with van der Waals surface area (Å²) in [4.78, 5) is 29.7. The lowest BCUT2D eigenvalue weighted by molar-refractivity contribution is -0.141. The molecule has 8 heteroatoms. The molecule has 2 aromatic carbocycles. The summed E-state index contributed by atoms with van der Waals surface area (Å²) in [5, 5.41) is 6.00. The van der Waals surface area contributed by atoms with E-state index in [0.29, 0.717) is 31.6 Å². The van der Waals surface area contributed by atoms with Crippen LogP contribution in [-0.4, -0.2) is 65.1 Å². The van der Waals surface area contributed by atoms with E-state index in [2.05, 4.69) is 10.0 Å². The molecule has 0 aromatic heterocycles. The van der Waals surface area contributed by atoms with Gasteiger partial charge in [0.25, 0.3) is 0 Å². The van der Waals surface area contributed by atoms with E-state index in [4.69, 9.17) is 0 Å². The third-order valence-electron chi connectivity index (χ3n) is 7.30. The number of hydrogen-bond donors (Lipinski definition) is 0. The Hall–Kier alpha value is -3.13. The van der Waals surface area contributed by atoms with Crippen molar-refractivity contribution in [2.75, 3.05) is 32.7 Å². The first-order valence-electron chi connectivity index (χ1n) is 12.9. The van der Waals surface area contributed by atoms with Crippen LogP contribution in [0, 0.1) is 17.0 Å². The van der Waals surface area contributed by atoms with Crippen molar-refractivity contribution in [1.82, 2.24) is 14.8 Å². The van der Waals surface area contributed by atoms with Gasteiger partial charge in [-0.3, -0.25) is 14.5 Å². The predicted octanol–water partition coefficient (Wildman–Crippen LogP) is 4.79. The fraction of sp³-hybridized carbons (Fsp3) is 0.483. The molecule has 2 heterocycles. The molecule has 6 nitrogen and oxygen atoms in total. The molecule has 2 aromatic rings. The molecule has 1 fully saturated rings. The molecule has 37 heavy (non-hydrogen) atoms. The Bertz CT molecular complexity index is 1170. The Morgan fingerprint density at radius 3 is 2.30 bits per heavy atom. The summed E-state index contributed by atoms with van der Waals surface area (Å²) in [5.41, 5.74) is 0.197. The second-order valence-electron chi connectivity index (χ2n) is 11.1. The highest BCUT2D eigenvalue weighted by atomic mass is 19.1. The van der Waals surface area contributed by atoms with Crippen LogP contribution in [0.4, 0.5) is 8.78 Å². The van der Waals surface area contributed by atoms with E-state index in [1.807, 2.05) is 56.0 Å². The molecule has 4 rings (SSSR count). The Kier molecular flexibility index (Phi) is 7.78. The van der Waals surface area contributed by atoms with Crippen molar-refractivity contribution in [3.63, 3.8) is 0 Å². The number of hydrazone groups is 1. The zero-order chi connectivity index (χ0) is 26.8. The first-order valence-corrected chi connectivity index (χ1v) is 12.9. The highest BCUT2D eigenvalue weighted by Gasteiger charge is 2.46. The van der Waals surface area contributed by atoms with Gasteiger partial charge in [-0.25, -0.2) is 13.8 Å². The fourth-order valence-electron chi connectivity index (χ4n) is 5.40. The topological polar surface area (TPSA) is 56.2 Å². The number of hydrogen-bond acceptors (Lipinski definition) is 4. The molecular weight excluding hydrogens is 474 g/mol. The van der Waals surface area contributed by atoms with Crippen LogP contribution in [0.2, 0.25) is 0 Å². The van der Waals surface area contributed by atoms with Gasteiger partial charge < -0.3 is 4.90 Å². The van der Waals surface area contributed by atoms with Crippen molar-refractivity contribution in [3.05, 3.63) is 71.3 Å². The fourth-order valence-corrected chi connectivity index (χ4v) is 5.40. The highest BCUT2D eigenvalue weighted by Crippen LogP contribution is 2.43. The van der Waals surface area contributed by atoms with Gasteiger partial charge in [-0.05, 0) is 43.1 Å². The average Bonchev–Trinajstić information content (AvgIpc) is 3.26. The molecule has 1 saturated heterocycles. The zero-order valence-electron chi connectivity index (χ0n) is 22.1. The maximum absolute atomic E-state index is 14.7. The van der Waals surface area contributed by atoms with Crippen molar-refractivity contribution in [2.45, 2.75) is 52.5 Å². The van der Waals surface area contributed by atoms with Gasteiger partial charge in [-0.1, -0.05) is 51.1 Å². The van der Waals surface area contributed by atoms with Gasteiger partial charge >= 0.3 is 0 Å². The number of carbonyl (C=O) groups is 2. The Balaban J connectivity index is 1.51. The molecule has 2 aliphatic rings. The van der Waals surface area contributed by atoms with Gasteiger partial charge in [0, 0.05) is 50.5 Å². The van der Waals surface area contributed by atoms with Crippen LogP contribution in [0.25, 0.3) is 0 Å². The predicted molar refractivity (Wildman–Crippen MR) is 140 cm³/mol. The van der Waals surface area contributed by atoms with Crippen molar-refractivity contribution in [1.29, 1.82) is 0 Å². The lowest BCUT2D eigenvalue weighted by Crippen LogP contribution is -2.52. The SMILES string of the molecule is CC(=O)N1N=C(c2cc(F)ccc2F)C[C@]1(CCCN1CCN(C(=O)C(C)(C)C)CC1)c1ccccc1. The average molecular weight is 511 g/mol. The van der Waals surface area contributed by atoms with E-state index >= 15 is 0 Å². The minimum atomic E-state index is -0.787. The third-order valence-corrected chi connectivity index (χ3v) is 7.30. The van der Waals surface area contributed by atoms with Crippen LogP contribution in [0.15, 0.2) is 53.6 Å². The molecule has 2 aliphatic heterocycles. The molecule has 0 saturated carbocycles. The largest absolute Gasteiger partial charge is 0.340 e. The number of benzene rings is 2. The standard InChI is InChI=1S/C29H36F2N4O2/c1-21(36)35-29(22-9-6-5-7-10-22,20-26(32-35)24-19-23(30)11-12-25(24)31)13-8-14-33-15-17-34(18-16-33)27(37)28(2,3)4/h5-7,9-12,19H,8,13-18,20H2,1-4H3/t29-/m1/s1. The summed E-state index contributed by atoms with van der Waals surface area (Å²) in [6.45, 7) is 11.1. The molecule has 0 radical (unpaired) electrons. The normalized spacial score (nSPS) is 20.8. The maximum atomic E-state index is 14.7. The highest BCUT2D eigenvalue weighted by molar-refractivity contribution is 6.04. The van der Waals surface area contributed by atoms with E-state index in [1.165, 1.54) is 11.9 Å². The van der Waals surface area contributed by atoms with Gasteiger partial charge in [0.15, 0.2) is 0 Å². The van der Waals surface area contributed by atoms with Crippen LogP contribution >= 0.6 is 0 Å². The van der Waals surface area contributed by atoms with Crippen molar-refractivity contribution >= 4 is 17.5 Å². The van der Waals surface area contributed by atoms with Crippen molar-refractivity contribution < 1.29 is 18.4 Å². The lowest BCUT2D eigenvalue weighted by Gasteiger charge is -2.39. The number of carbonyl (C=O) groups excluding carboxylic acids is 2. The molecule has 0 unspecified atom stereocenters. The molecule has 0 spiro atoms. The summed E-state index contributed by atoms with van der Waals surface area (Å²) < 4.78 is 28.7. The first kappa shape index (κ1) is 26.9. The Morgan fingerprint density at radius 1 is 1.00 bits per heavy atom. The van der Waals surface area contributed by atoms with Gasteiger partial charge in [-0.2, -0.15) is 5.10 Å². The third kappa shape index (κ3) is 5.74. The van der Waals surface area contributed by atoms with E-state index < -0.39 is 17.2 Å². The number of halogens is 2. The molecule has 2 amide bonds. The molecule has 0 bridgehead atoms. The van der Waals surface area contributed by atoms with Crippen molar-refractivity contribution in [3.8, 4) is 0 Å². The van der Waals surface area contributed by atoms with Gasteiger partial charge in [0.1, 0.15) is 11.6 Å². The molecule has 1 atom stereocenters. The Morgan fingerprint density at radius 2 is 1.68 bits per heavy atom. The summed E-state index contributed by atoms with van der Waals surface area (Å²) in [6, 6.07) is 13.0.